The zero-order chi connectivity index (χ0) is 23.1. The zero-order valence-corrected chi connectivity index (χ0v) is 19.2. The fourth-order valence-corrected chi connectivity index (χ4v) is 3.70. The molecule has 0 bridgehead atoms. The van der Waals surface area contributed by atoms with Crippen molar-refractivity contribution in [2.75, 3.05) is 6.61 Å². The molecule has 5 atom stereocenters. The van der Waals surface area contributed by atoms with Gasteiger partial charge >= 0.3 is 23.9 Å². The number of ether oxygens (including phenoxy) is 5. The molecule has 1 saturated heterocycles. The van der Waals surface area contributed by atoms with Gasteiger partial charge in [0.15, 0.2) is 18.3 Å². The molecule has 2 rings (SSSR count). The van der Waals surface area contributed by atoms with E-state index in [1.54, 1.807) is 12.1 Å². The molecule has 1 heterocycles. The lowest BCUT2D eigenvalue weighted by molar-refractivity contribution is -0.254. The van der Waals surface area contributed by atoms with E-state index in [4.69, 9.17) is 23.7 Å². The van der Waals surface area contributed by atoms with Crippen LogP contribution in [0.2, 0.25) is 0 Å². The normalized spacial score (nSPS) is 25.3. The van der Waals surface area contributed by atoms with Crippen LogP contribution in [0.3, 0.4) is 0 Å². The molecular weight excluding hydrogens is 476 g/mol. The lowest BCUT2D eigenvalue weighted by atomic mass is 9.90. The Morgan fingerprint density at radius 1 is 0.871 bits per heavy atom. The topological polar surface area (TPSA) is 114 Å². The summed E-state index contributed by atoms with van der Waals surface area (Å²) >= 11 is 3.39. The number of hydrogen-bond donors (Lipinski definition) is 0. The van der Waals surface area contributed by atoms with Gasteiger partial charge in [-0.05, 0) is 11.1 Å². The highest BCUT2D eigenvalue weighted by atomic mass is 79.9. The van der Waals surface area contributed by atoms with Gasteiger partial charge in [-0.15, -0.1) is 0 Å². The molecule has 1 fully saturated rings. The molecule has 0 aliphatic carbocycles. The summed E-state index contributed by atoms with van der Waals surface area (Å²) in [5.74, 6) is -2.53. The maximum atomic E-state index is 11.9. The molecule has 0 radical (unpaired) electrons. The van der Waals surface area contributed by atoms with Crippen LogP contribution >= 0.6 is 15.9 Å². The molecule has 1 aliphatic rings. The minimum atomic E-state index is -1.18. The maximum Gasteiger partial charge on any atom is 0.303 e. The van der Waals surface area contributed by atoms with Gasteiger partial charge in [0.25, 0.3) is 0 Å². The molecule has 0 spiro atoms. The van der Waals surface area contributed by atoms with E-state index in [2.05, 4.69) is 15.9 Å². The van der Waals surface area contributed by atoms with Gasteiger partial charge in [0.05, 0.1) is 0 Å². The monoisotopic (exact) mass is 500 g/mol. The number of halogens is 1. The quantitative estimate of drug-likeness (QED) is 0.316. The lowest BCUT2D eigenvalue weighted by Crippen LogP contribution is -2.59. The van der Waals surface area contributed by atoms with Crippen molar-refractivity contribution in [2.24, 2.45) is 0 Å². The van der Waals surface area contributed by atoms with Crippen LogP contribution in [0.5, 0.6) is 0 Å². The average molecular weight is 501 g/mol. The summed E-state index contributed by atoms with van der Waals surface area (Å²) in [6.45, 7) is 4.55. The minimum absolute atomic E-state index is 0.257. The minimum Gasteiger partial charge on any atom is -0.463 e. The Labute approximate surface area is 188 Å². The third kappa shape index (κ3) is 7.03. The van der Waals surface area contributed by atoms with Gasteiger partial charge in [-0.1, -0.05) is 40.2 Å². The smallest absolute Gasteiger partial charge is 0.303 e. The van der Waals surface area contributed by atoms with Gasteiger partial charge in [0, 0.05) is 33.0 Å². The largest absolute Gasteiger partial charge is 0.463 e. The van der Waals surface area contributed by atoms with E-state index in [0.29, 0.717) is 10.9 Å². The Morgan fingerprint density at radius 2 is 1.45 bits per heavy atom. The summed E-state index contributed by atoms with van der Waals surface area (Å²) in [6.07, 6.45) is -5.30. The lowest BCUT2D eigenvalue weighted by Gasteiger charge is -2.44. The van der Waals surface area contributed by atoms with Crippen LogP contribution in [-0.2, 0) is 48.2 Å². The standard InChI is InChI=1S/C21H25BrO9/c1-11(23)27-10-17-19(28-12(2)24)21(30-14(4)26)20(29-13(3)25)18(31-17)16-7-5-6-15(8-16)9-22/h5-8,17-21H,9-10H2,1-4H3/t17-,18+,19-,20+,21?/m1/s1. The second-order valence-corrected chi connectivity index (χ2v) is 7.56. The highest BCUT2D eigenvalue weighted by Gasteiger charge is 2.52. The number of rotatable bonds is 7. The van der Waals surface area contributed by atoms with Crippen molar-refractivity contribution in [3.8, 4) is 0 Å². The highest BCUT2D eigenvalue weighted by molar-refractivity contribution is 9.08. The van der Waals surface area contributed by atoms with Crippen molar-refractivity contribution in [2.45, 2.75) is 63.5 Å². The van der Waals surface area contributed by atoms with Crippen LogP contribution in [0.1, 0.15) is 44.9 Å². The molecule has 1 aromatic rings. The Hall–Kier alpha value is -2.46. The molecule has 9 nitrogen and oxygen atoms in total. The molecule has 0 saturated carbocycles. The Kier molecular flexibility index (Phi) is 9.00. The van der Waals surface area contributed by atoms with E-state index in [9.17, 15) is 19.2 Å². The van der Waals surface area contributed by atoms with E-state index in [1.165, 1.54) is 27.7 Å². The van der Waals surface area contributed by atoms with E-state index in [0.717, 1.165) is 5.56 Å². The number of hydrogen-bond acceptors (Lipinski definition) is 9. The van der Waals surface area contributed by atoms with Crippen LogP contribution in [0.25, 0.3) is 0 Å². The predicted octanol–water partition coefficient (Wildman–Crippen LogP) is 2.38. The number of benzene rings is 1. The molecule has 1 aliphatic heterocycles. The molecule has 170 valence electrons. The maximum absolute atomic E-state index is 11.9. The summed E-state index contributed by atoms with van der Waals surface area (Å²) in [7, 11) is 0. The van der Waals surface area contributed by atoms with E-state index >= 15 is 0 Å². The third-order valence-corrected chi connectivity index (χ3v) is 5.07. The van der Waals surface area contributed by atoms with Crippen molar-refractivity contribution in [1.82, 2.24) is 0 Å². The highest BCUT2D eigenvalue weighted by Crippen LogP contribution is 2.38. The molecule has 1 aromatic carbocycles. The van der Waals surface area contributed by atoms with Crippen LogP contribution < -0.4 is 0 Å². The van der Waals surface area contributed by atoms with E-state index < -0.39 is 54.4 Å². The number of alkyl halides is 1. The first kappa shape index (κ1) is 24.8. The van der Waals surface area contributed by atoms with Crippen molar-refractivity contribution < 1.29 is 42.9 Å². The van der Waals surface area contributed by atoms with Gasteiger partial charge in [-0.25, -0.2) is 0 Å². The number of carbonyl (C=O) groups is 4. The summed E-state index contributed by atoms with van der Waals surface area (Å²) in [6, 6.07) is 7.31. The van der Waals surface area contributed by atoms with Gasteiger partial charge in [0.2, 0.25) is 0 Å². The first-order valence-corrected chi connectivity index (χ1v) is 10.7. The van der Waals surface area contributed by atoms with Gasteiger partial charge in [0.1, 0.15) is 18.8 Å². The first-order valence-electron chi connectivity index (χ1n) is 9.57. The molecule has 0 N–H and O–H groups in total. The zero-order valence-electron chi connectivity index (χ0n) is 17.7. The fraction of sp³-hybridized carbons (Fsp3) is 0.524. The summed E-state index contributed by atoms with van der Waals surface area (Å²) in [5.41, 5.74) is 1.58. The van der Waals surface area contributed by atoms with Crippen LogP contribution in [-0.4, -0.2) is 54.9 Å². The second kappa shape index (κ2) is 11.2. The van der Waals surface area contributed by atoms with Gasteiger partial charge in [-0.3, -0.25) is 19.2 Å². The molecule has 1 unspecified atom stereocenters. The van der Waals surface area contributed by atoms with E-state index in [1.807, 2.05) is 12.1 Å². The number of carbonyl (C=O) groups excluding carboxylic acids is 4. The Balaban J connectivity index is 2.54. The third-order valence-electron chi connectivity index (χ3n) is 4.42. The second-order valence-electron chi connectivity index (χ2n) is 7.00. The van der Waals surface area contributed by atoms with Crippen LogP contribution in [0, 0.1) is 0 Å². The van der Waals surface area contributed by atoms with E-state index in [-0.39, 0.29) is 6.61 Å². The fourth-order valence-electron chi connectivity index (χ4n) is 3.35. The van der Waals surface area contributed by atoms with Crippen LogP contribution in [0.15, 0.2) is 24.3 Å². The summed E-state index contributed by atoms with van der Waals surface area (Å²) < 4.78 is 27.5. The van der Waals surface area contributed by atoms with Gasteiger partial charge in [-0.2, -0.15) is 0 Å². The summed E-state index contributed by atoms with van der Waals surface area (Å²) in [5, 5.41) is 0.576. The molecule has 31 heavy (non-hydrogen) atoms. The molecule has 0 amide bonds. The first-order chi connectivity index (χ1) is 14.6. The SMILES string of the molecule is CC(=O)OC[C@H]1O[C@@H](c2cccc(CBr)c2)[C@H](OC(C)=O)C(OC(C)=O)[C@@H]1OC(C)=O. The Bertz CT molecular complexity index is 825. The van der Waals surface area contributed by atoms with Crippen molar-refractivity contribution in [3.63, 3.8) is 0 Å². The molecule has 10 heteroatoms. The van der Waals surface area contributed by atoms with Crippen LogP contribution in [0.4, 0.5) is 0 Å². The Morgan fingerprint density at radius 3 is 2.00 bits per heavy atom. The molecular formula is C21H25BrO9. The summed E-state index contributed by atoms with van der Waals surface area (Å²) in [4.78, 5) is 46.8. The van der Waals surface area contributed by atoms with Crippen molar-refractivity contribution >= 4 is 39.8 Å². The molecule has 0 aromatic heterocycles. The predicted molar refractivity (Wildman–Crippen MR) is 110 cm³/mol. The van der Waals surface area contributed by atoms with Crippen molar-refractivity contribution in [1.29, 1.82) is 0 Å². The number of esters is 4. The van der Waals surface area contributed by atoms with Crippen molar-refractivity contribution in [3.05, 3.63) is 35.4 Å². The van der Waals surface area contributed by atoms with Gasteiger partial charge < -0.3 is 23.7 Å². The average Bonchev–Trinajstić information content (AvgIpc) is 2.68.